The lowest BCUT2D eigenvalue weighted by molar-refractivity contribution is -0.112. The highest BCUT2D eigenvalue weighted by Crippen LogP contribution is 2.35. The number of ether oxygens (including phenoxy) is 3. The summed E-state index contributed by atoms with van der Waals surface area (Å²) in [4.78, 5) is 0. The fourth-order valence-corrected chi connectivity index (χ4v) is 3.11. The number of benzene rings is 1. The van der Waals surface area contributed by atoms with Gasteiger partial charge in [-0.25, -0.2) is 0 Å². The van der Waals surface area contributed by atoms with E-state index in [4.69, 9.17) is 19.9 Å². The Bertz CT molecular complexity index is 469. The van der Waals surface area contributed by atoms with Crippen molar-refractivity contribution >= 4 is 0 Å². The van der Waals surface area contributed by atoms with Crippen LogP contribution in [0, 0.1) is 6.92 Å². The van der Waals surface area contributed by atoms with Crippen LogP contribution in [0.15, 0.2) is 18.2 Å². The molecule has 0 aliphatic carbocycles. The maximum absolute atomic E-state index is 6.20. The molecule has 2 atom stereocenters. The zero-order valence-electron chi connectivity index (χ0n) is 12.1. The molecule has 2 aliphatic heterocycles. The summed E-state index contributed by atoms with van der Waals surface area (Å²) in [6.07, 6.45) is 3.01. The first-order chi connectivity index (χ1) is 9.71. The van der Waals surface area contributed by atoms with Crippen LogP contribution in [0.1, 0.15) is 30.4 Å². The van der Waals surface area contributed by atoms with Crippen molar-refractivity contribution in [1.82, 2.24) is 0 Å². The average molecular weight is 277 g/mol. The quantitative estimate of drug-likeness (QED) is 0.920. The second kappa shape index (κ2) is 5.72. The first-order valence-corrected chi connectivity index (χ1v) is 7.39. The summed E-state index contributed by atoms with van der Waals surface area (Å²) in [5.74, 6) is 0.916. The van der Waals surface area contributed by atoms with Crippen molar-refractivity contribution < 1.29 is 14.2 Å². The van der Waals surface area contributed by atoms with E-state index in [1.165, 1.54) is 5.56 Å². The molecule has 20 heavy (non-hydrogen) atoms. The Morgan fingerprint density at radius 3 is 3.05 bits per heavy atom. The molecule has 0 amide bonds. The van der Waals surface area contributed by atoms with Gasteiger partial charge in [0.25, 0.3) is 0 Å². The van der Waals surface area contributed by atoms with Gasteiger partial charge in [-0.3, -0.25) is 0 Å². The van der Waals surface area contributed by atoms with Gasteiger partial charge in [0.05, 0.1) is 18.8 Å². The van der Waals surface area contributed by atoms with E-state index in [1.54, 1.807) is 0 Å². The van der Waals surface area contributed by atoms with Crippen molar-refractivity contribution in [2.75, 3.05) is 19.8 Å². The van der Waals surface area contributed by atoms with Crippen molar-refractivity contribution in [3.8, 4) is 5.75 Å². The lowest BCUT2D eigenvalue weighted by Crippen LogP contribution is -2.44. The molecule has 4 nitrogen and oxygen atoms in total. The van der Waals surface area contributed by atoms with Crippen LogP contribution in [0.3, 0.4) is 0 Å². The van der Waals surface area contributed by atoms with Crippen LogP contribution in [-0.4, -0.2) is 31.5 Å². The standard InChI is InChI=1S/C16H23NO3/c1-12-2-3-15(13(8-12)10-17)20-14-4-6-19-16(9-14)5-7-18-11-16/h2-3,8,14H,4-7,9-11,17H2,1H3. The normalized spacial score (nSPS) is 29.8. The molecule has 2 aliphatic rings. The van der Waals surface area contributed by atoms with Gasteiger partial charge < -0.3 is 19.9 Å². The zero-order chi connectivity index (χ0) is 14.0. The third-order valence-corrected chi connectivity index (χ3v) is 4.24. The molecule has 0 saturated carbocycles. The van der Waals surface area contributed by atoms with Gasteiger partial charge in [0, 0.05) is 38.0 Å². The van der Waals surface area contributed by atoms with Crippen LogP contribution in [0.25, 0.3) is 0 Å². The van der Waals surface area contributed by atoms with Crippen LogP contribution in [0.2, 0.25) is 0 Å². The summed E-state index contributed by atoms with van der Waals surface area (Å²) in [5, 5.41) is 0. The molecular weight excluding hydrogens is 254 g/mol. The van der Waals surface area contributed by atoms with E-state index >= 15 is 0 Å². The fraction of sp³-hybridized carbons (Fsp3) is 0.625. The van der Waals surface area contributed by atoms with E-state index in [1.807, 2.05) is 6.07 Å². The molecular formula is C16H23NO3. The van der Waals surface area contributed by atoms with E-state index in [0.29, 0.717) is 13.2 Å². The van der Waals surface area contributed by atoms with Crippen LogP contribution < -0.4 is 10.5 Å². The van der Waals surface area contributed by atoms with E-state index in [-0.39, 0.29) is 11.7 Å². The van der Waals surface area contributed by atoms with Crippen LogP contribution in [0.5, 0.6) is 5.75 Å². The first-order valence-electron chi connectivity index (χ1n) is 7.39. The molecule has 2 unspecified atom stereocenters. The predicted octanol–water partition coefficient (Wildman–Crippen LogP) is 2.17. The van der Waals surface area contributed by atoms with Gasteiger partial charge >= 0.3 is 0 Å². The Morgan fingerprint density at radius 1 is 1.40 bits per heavy atom. The van der Waals surface area contributed by atoms with Gasteiger partial charge in [-0.05, 0) is 13.0 Å². The molecule has 2 saturated heterocycles. The summed E-state index contributed by atoms with van der Waals surface area (Å²) >= 11 is 0. The first kappa shape index (κ1) is 13.9. The molecule has 1 spiro atoms. The zero-order valence-corrected chi connectivity index (χ0v) is 12.1. The summed E-state index contributed by atoms with van der Waals surface area (Å²) in [7, 11) is 0. The predicted molar refractivity (Wildman–Crippen MR) is 76.8 cm³/mol. The Kier molecular flexibility index (Phi) is 3.96. The summed E-state index contributed by atoms with van der Waals surface area (Å²) in [6, 6.07) is 6.20. The molecule has 0 aromatic heterocycles. The molecule has 1 aromatic carbocycles. The third-order valence-electron chi connectivity index (χ3n) is 4.24. The molecule has 2 fully saturated rings. The summed E-state index contributed by atoms with van der Waals surface area (Å²) in [5.41, 5.74) is 7.99. The largest absolute Gasteiger partial charge is 0.490 e. The maximum Gasteiger partial charge on any atom is 0.124 e. The van der Waals surface area contributed by atoms with Gasteiger partial charge in [0.2, 0.25) is 0 Å². The second-order valence-electron chi connectivity index (χ2n) is 5.88. The van der Waals surface area contributed by atoms with E-state index < -0.39 is 0 Å². The number of rotatable bonds is 3. The highest BCUT2D eigenvalue weighted by molar-refractivity contribution is 5.37. The van der Waals surface area contributed by atoms with E-state index in [0.717, 1.165) is 43.8 Å². The number of nitrogens with two attached hydrogens (primary N) is 1. The fourth-order valence-electron chi connectivity index (χ4n) is 3.11. The lowest BCUT2D eigenvalue weighted by atomic mass is 9.91. The van der Waals surface area contributed by atoms with Crippen LogP contribution in [0.4, 0.5) is 0 Å². The number of hydrogen-bond donors (Lipinski definition) is 1. The highest BCUT2D eigenvalue weighted by atomic mass is 16.6. The van der Waals surface area contributed by atoms with Crippen molar-refractivity contribution in [3.63, 3.8) is 0 Å². The highest BCUT2D eigenvalue weighted by Gasteiger charge is 2.41. The molecule has 110 valence electrons. The van der Waals surface area contributed by atoms with Crippen molar-refractivity contribution in [1.29, 1.82) is 0 Å². The molecule has 0 radical (unpaired) electrons. The Hall–Kier alpha value is -1.10. The van der Waals surface area contributed by atoms with Gasteiger partial charge in [-0.2, -0.15) is 0 Å². The van der Waals surface area contributed by atoms with Crippen LogP contribution >= 0.6 is 0 Å². The van der Waals surface area contributed by atoms with Crippen molar-refractivity contribution in [3.05, 3.63) is 29.3 Å². The minimum atomic E-state index is -0.115. The van der Waals surface area contributed by atoms with E-state index in [2.05, 4.69) is 19.1 Å². The lowest BCUT2D eigenvalue weighted by Gasteiger charge is -2.37. The average Bonchev–Trinajstić information content (AvgIpc) is 2.89. The van der Waals surface area contributed by atoms with Crippen molar-refractivity contribution in [2.45, 2.75) is 44.4 Å². The molecule has 4 heteroatoms. The molecule has 0 bridgehead atoms. The number of hydrogen-bond acceptors (Lipinski definition) is 4. The minimum Gasteiger partial charge on any atom is -0.490 e. The van der Waals surface area contributed by atoms with Gasteiger partial charge in [-0.1, -0.05) is 17.7 Å². The Morgan fingerprint density at radius 2 is 2.30 bits per heavy atom. The molecule has 3 rings (SSSR count). The van der Waals surface area contributed by atoms with Gasteiger partial charge in [-0.15, -0.1) is 0 Å². The molecule has 2 heterocycles. The summed E-state index contributed by atoms with van der Waals surface area (Å²) < 4.78 is 17.6. The van der Waals surface area contributed by atoms with E-state index in [9.17, 15) is 0 Å². The van der Waals surface area contributed by atoms with Gasteiger partial charge in [0.15, 0.2) is 0 Å². The summed E-state index contributed by atoms with van der Waals surface area (Å²) in [6.45, 7) is 4.82. The van der Waals surface area contributed by atoms with Gasteiger partial charge in [0.1, 0.15) is 11.9 Å². The maximum atomic E-state index is 6.20. The monoisotopic (exact) mass is 277 g/mol. The van der Waals surface area contributed by atoms with Crippen molar-refractivity contribution in [2.24, 2.45) is 5.73 Å². The SMILES string of the molecule is Cc1ccc(OC2CCOC3(CCOC3)C2)c(CN)c1. The Labute approximate surface area is 120 Å². The Balaban J connectivity index is 1.71. The van der Waals surface area contributed by atoms with Crippen LogP contribution in [-0.2, 0) is 16.0 Å². The second-order valence-corrected chi connectivity index (χ2v) is 5.88. The molecule has 1 aromatic rings. The topological polar surface area (TPSA) is 53.7 Å². The third kappa shape index (κ3) is 2.82. The minimum absolute atomic E-state index is 0.115. The number of aryl methyl sites for hydroxylation is 1. The smallest absolute Gasteiger partial charge is 0.124 e. The molecule has 2 N–H and O–H groups in total.